The Hall–Kier alpha value is -0.610. The third-order valence-electron chi connectivity index (χ3n) is 3.88. The highest BCUT2D eigenvalue weighted by molar-refractivity contribution is 5.81. The van der Waals surface area contributed by atoms with Crippen LogP contribution in [0.2, 0.25) is 0 Å². The summed E-state index contributed by atoms with van der Waals surface area (Å²) in [7, 11) is 2.01. The molecule has 112 valence electrons. The molecule has 0 spiro atoms. The lowest BCUT2D eigenvalue weighted by molar-refractivity contribution is -0.127. The van der Waals surface area contributed by atoms with Crippen molar-refractivity contribution in [1.82, 2.24) is 15.5 Å². The molecular weight excluding hydrogens is 238 g/mol. The van der Waals surface area contributed by atoms with Crippen molar-refractivity contribution in [1.29, 1.82) is 0 Å². The molecule has 1 rings (SSSR count). The van der Waals surface area contributed by atoms with Gasteiger partial charge in [-0.1, -0.05) is 0 Å². The van der Waals surface area contributed by atoms with Gasteiger partial charge >= 0.3 is 0 Å². The van der Waals surface area contributed by atoms with E-state index in [0.717, 1.165) is 25.6 Å². The molecule has 1 fully saturated rings. The molecule has 0 aliphatic carbocycles. The van der Waals surface area contributed by atoms with Gasteiger partial charge < -0.3 is 10.6 Å². The van der Waals surface area contributed by atoms with E-state index < -0.39 is 0 Å². The van der Waals surface area contributed by atoms with Crippen molar-refractivity contribution >= 4 is 5.91 Å². The van der Waals surface area contributed by atoms with E-state index in [4.69, 9.17) is 0 Å². The minimum atomic E-state index is -0.142. The summed E-state index contributed by atoms with van der Waals surface area (Å²) in [6, 6.07) is -0.00975. The Morgan fingerprint density at radius 3 is 2.37 bits per heavy atom. The van der Waals surface area contributed by atoms with Gasteiger partial charge in [0, 0.05) is 5.54 Å². The Labute approximate surface area is 118 Å². The Bertz CT molecular complexity index is 278. The van der Waals surface area contributed by atoms with E-state index in [2.05, 4.69) is 15.5 Å². The highest BCUT2D eigenvalue weighted by Crippen LogP contribution is 2.21. The second-order valence-electron chi connectivity index (χ2n) is 6.79. The molecule has 0 radical (unpaired) electrons. The lowest BCUT2D eigenvalue weighted by Gasteiger charge is -2.36. The van der Waals surface area contributed by atoms with E-state index in [1.807, 2.05) is 34.7 Å². The van der Waals surface area contributed by atoms with Crippen molar-refractivity contribution in [3.8, 4) is 0 Å². The van der Waals surface area contributed by atoms with Gasteiger partial charge in [-0.25, -0.2) is 0 Å². The molecule has 1 heterocycles. The van der Waals surface area contributed by atoms with Crippen molar-refractivity contribution in [2.75, 3.05) is 26.7 Å². The Balaban J connectivity index is 2.36. The summed E-state index contributed by atoms with van der Waals surface area (Å²) in [6.45, 7) is 11.3. The van der Waals surface area contributed by atoms with Gasteiger partial charge in [-0.05, 0) is 79.6 Å². The molecule has 0 saturated carbocycles. The van der Waals surface area contributed by atoms with Crippen molar-refractivity contribution in [2.45, 2.75) is 58.5 Å². The number of carbonyl (C=O) groups excluding carboxylic acids is 1. The predicted molar refractivity (Wildman–Crippen MR) is 80.2 cm³/mol. The maximum atomic E-state index is 12.1. The summed E-state index contributed by atoms with van der Waals surface area (Å²) < 4.78 is 0. The third-order valence-corrected chi connectivity index (χ3v) is 3.88. The van der Waals surface area contributed by atoms with Crippen molar-refractivity contribution in [2.24, 2.45) is 5.92 Å². The van der Waals surface area contributed by atoms with Crippen LogP contribution in [0.4, 0.5) is 0 Å². The van der Waals surface area contributed by atoms with Crippen LogP contribution in [0.3, 0.4) is 0 Å². The van der Waals surface area contributed by atoms with Gasteiger partial charge in [-0.2, -0.15) is 0 Å². The quantitative estimate of drug-likeness (QED) is 0.797. The first-order valence-electron chi connectivity index (χ1n) is 7.54. The van der Waals surface area contributed by atoms with E-state index in [9.17, 15) is 4.79 Å². The summed E-state index contributed by atoms with van der Waals surface area (Å²) >= 11 is 0. The second kappa shape index (κ2) is 7.25. The molecule has 1 saturated heterocycles. The summed E-state index contributed by atoms with van der Waals surface area (Å²) in [5.41, 5.74) is -0.142. The summed E-state index contributed by atoms with van der Waals surface area (Å²) in [4.78, 5) is 14.5. The summed E-state index contributed by atoms with van der Waals surface area (Å²) in [5, 5.41) is 6.29. The molecule has 1 aliphatic rings. The van der Waals surface area contributed by atoms with Gasteiger partial charge in [0.1, 0.15) is 0 Å². The van der Waals surface area contributed by atoms with Crippen LogP contribution in [0, 0.1) is 5.92 Å². The fourth-order valence-corrected chi connectivity index (χ4v) is 2.62. The number of rotatable bonds is 5. The van der Waals surface area contributed by atoms with Crippen LogP contribution in [0.15, 0.2) is 0 Å². The van der Waals surface area contributed by atoms with Crippen LogP contribution in [0.25, 0.3) is 0 Å². The van der Waals surface area contributed by atoms with Crippen LogP contribution in [-0.4, -0.2) is 49.1 Å². The molecule has 1 unspecified atom stereocenters. The SMILES string of the molecule is CNCCC1CCN(C(C)C(=O)NC(C)(C)C)CC1. The zero-order chi connectivity index (χ0) is 14.5. The van der Waals surface area contributed by atoms with Gasteiger partial charge in [0.2, 0.25) is 5.91 Å². The fraction of sp³-hybridized carbons (Fsp3) is 0.933. The number of carbonyl (C=O) groups is 1. The van der Waals surface area contributed by atoms with E-state index in [1.54, 1.807) is 0 Å². The van der Waals surface area contributed by atoms with Crippen LogP contribution in [0.1, 0.15) is 47.0 Å². The molecule has 1 aliphatic heterocycles. The first kappa shape index (κ1) is 16.4. The van der Waals surface area contributed by atoms with E-state index in [0.29, 0.717) is 0 Å². The largest absolute Gasteiger partial charge is 0.350 e. The lowest BCUT2D eigenvalue weighted by atomic mass is 9.92. The first-order valence-corrected chi connectivity index (χ1v) is 7.54. The number of likely N-dealkylation sites (tertiary alicyclic amines) is 1. The van der Waals surface area contributed by atoms with E-state index >= 15 is 0 Å². The number of nitrogens with one attached hydrogen (secondary N) is 2. The zero-order valence-corrected chi connectivity index (χ0v) is 13.3. The highest BCUT2D eigenvalue weighted by atomic mass is 16.2. The maximum absolute atomic E-state index is 12.1. The maximum Gasteiger partial charge on any atom is 0.237 e. The van der Waals surface area contributed by atoms with Crippen molar-refractivity contribution in [3.05, 3.63) is 0 Å². The molecule has 0 bridgehead atoms. The fourth-order valence-electron chi connectivity index (χ4n) is 2.62. The second-order valence-corrected chi connectivity index (χ2v) is 6.79. The van der Waals surface area contributed by atoms with Crippen LogP contribution < -0.4 is 10.6 Å². The monoisotopic (exact) mass is 269 g/mol. The minimum Gasteiger partial charge on any atom is -0.350 e. The van der Waals surface area contributed by atoms with Gasteiger partial charge in [0.15, 0.2) is 0 Å². The number of nitrogens with zero attached hydrogens (tertiary/aromatic N) is 1. The highest BCUT2D eigenvalue weighted by Gasteiger charge is 2.27. The van der Waals surface area contributed by atoms with E-state index in [-0.39, 0.29) is 17.5 Å². The van der Waals surface area contributed by atoms with Gasteiger partial charge in [0.05, 0.1) is 6.04 Å². The van der Waals surface area contributed by atoms with Crippen LogP contribution >= 0.6 is 0 Å². The van der Waals surface area contributed by atoms with Gasteiger partial charge in [-0.15, -0.1) is 0 Å². The molecule has 4 heteroatoms. The molecule has 0 aromatic heterocycles. The molecule has 1 amide bonds. The van der Waals surface area contributed by atoms with Gasteiger partial charge in [-0.3, -0.25) is 9.69 Å². The molecule has 4 nitrogen and oxygen atoms in total. The predicted octanol–water partition coefficient (Wildman–Crippen LogP) is 1.61. The first-order chi connectivity index (χ1) is 8.83. The normalized spacial score (nSPS) is 20.3. The molecule has 0 aromatic rings. The molecule has 19 heavy (non-hydrogen) atoms. The molecular formula is C15H31N3O. The molecule has 0 aromatic carbocycles. The van der Waals surface area contributed by atoms with Crippen LogP contribution in [0.5, 0.6) is 0 Å². The van der Waals surface area contributed by atoms with Gasteiger partial charge in [0.25, 0.3) is 0 Å². The topological polar surface area (TPSA) is 44.4 Å². The minimum absolute atomic E-state index is 0.00975. The van der Waals surface area contributed by atoms with E-state index in [1.165, 1.54) is 19.3 Å². The number of amides is 1. The van der Waals surface area contributed by atoms with Crippen LogP contribution in [-0.2, 0) is 4.79 Å². The smallest absolute Gasteiger partial charge is 0.237 e. The number of piperidine rings is 1. The standard InChI is InChI=1S/C15H31N3O/c1-12(14(19)17-15(2,3)4)18-10-7-13(8-11-18)6-9-16-5/h12-13,16H,6-11H2,1-5H3,(H,17,19). The Kier molecular flexibility index (Phi) is 6.27. The molecule has 2 N–H and O–H groups in total. The number of hydrogen-bond donors (Lipinski definition) is 2. The molecule has 1 atom stereocenters. The zero-order valence-electron chi connectivity index (χ0n) is 13.3. The summed E-state index contributed by atoms with van der Waals surface area (Å²) in [5.74, 6) is 0.975. The Morgan fingerprint density at radius 2 is 1.89 bits per heavy atom. The lowest BCUT2D eigenvalue weighted by Crippen LogP contribution is -2.52. The average Bonchev–Trinajstić information content (AvgIpc) is 2.34. The average molecular weight is 269 g/mol. The van der Waals surface area contributed by atoms with Crippen molar-refractivity contribution < 1.29 is 4.79 Å². The Morgan fingerprint density at radius 1 is 1.32 bits per heavy atom. The number of hydrogen-bond acceptors (Lipinski definition) is 3. The third kappa shape index (κ3) is 5.91. The summed E-state index contributed by atoms with van der Waals surface area (Å²) in [6.07, 6.45) is 3.69. The van der Waals surface area contributed by atoms with Crippen molar-refractivity contribution in [3.63, 3.8) is 0 Å².